The van der Waals surface area contributed by atoms with Crippen molar-refractivity contribution in [2.75, 3.05) is 13.1 Å². The minimum Gasteiger partial charge on any atom is -0.348 e. The molecule has 1 spiro atoms. The molecule has 4 rings (SSSR count). The summed E-state index contributed by atoms with van der Waals surface area (Å²) < 4.78 is 0. The van der Waals surface area contributed by atoms with Gasteiger partial charge in [-0.25, -0.2) is 9.97 Å². The molecule has 0 aromatic carbocycles. The predicted octanol–water partition coefficient (Wildman–Crippen LogP) is 3.26. The van der Waals surface area contributed by atoms with Crippen LogP contribution in [0.3, 0.4) is 0 Å². The highest BCUT2D eigenvalue weighted by Crippen LogP contribution is 2.54. The number of aryl methyl sites for hydroxylation is 4. The molecular weight excluding hydrogens is 380 g/mol. The normalized spacial score (nSPS) is 20.7. The number of piperidine rings is 1. The first-order valence-corrected chi connectivity index (χ1v) is 10.9. The number of rotatable bonds is 3. The molecule has 27 heavy (non-hydrogen) atoms. The lowest BCUT2D eigenvalue weighted by molar-refractivity contribution is 0.0672. The van der Waals surface area contributed by atoms with E-state index in [0.29, 0.717) is 0 Å². The number of thiazole rings is 2. The Morgan fingerprint density at radius 3 is 2.07 bits per heavy atom. The van der Waals surface area contributed by atoms with E-state index < -0.39 is 0 Å². The number of amides is 2. The summed E-state index contributed by atoms with van der Waals surface area (Å²) in [5.41, 5.74) is 1.80. The second kappa shape index (κ2) is 6.67. The van der Waals surface area contributed by atoms with Gasteiger partial charge in [-0.3, -0.25) is 9.59 Å². The minimum atomic E-state index is -0.00533. The number of nitrogens with one attached hydrogen (secondary N) is 1. The van der Waals surface area contributed by atoms with Crippen molar-refractivity contribution in [2.24, 2.45) is 5.41 Å². The van der Waals surface area contributed by atoms with Gasteiger partial charge in [0.1, 0.15) is 9.75 Å². The summed E-state index contributed by atoms with van der Waals surface area (Å²) in [6.07, 6.45) is 2.90. The topological polar surface area (TPSA) is 75.2 Å². The van der Waals surface area contributed by atoms with Crippen molar-refractivity contribution in [1.29, 1.82) is 0 Å². The molecule has 1 aliphatic heterocycles. The first-order valence-electron chi connectivity index (χ1n) is 9.27. The van der Waals surface area contributed by atoms with Crippen LogP contribution in [-0.2, 0) is 0 Å². The average molecular weight is 405 g/mol. The third-order valence-corrected chi connectivity index (χ3v) is 7.88. The van der Waals surface area contributed by atoms with Gasteiger partial charge in [-0.1, -0.05) is 0 Å². The Hall–Kier alpha value is -1.80. The summed E-state index contributed by atoms with van der Waals surface area (Å²) in [4.78, 5) is 37.5. The molecule has 1 saturated carbocycles. The zero-order valence-electron chi connectivity index (χ0n) is 16.1. The minimum absolute atomic E-state index is 0.00533. The highest BCUT2D eigenvalue weighted by Gasteiger charge is 2.56. The number of carbonyl (C=O) groups excluding carboxylic acids is 2. The molecular formula is C19H24N4O2S2. The number of likely N-dealkylation sites (tertiary alicyclic amines) is 1. The van der Waals surface area contributed by atoms with E-state index in [1.54, 1.807) is 0 Å². The summed E-state index contributed by atoms with van der Waals surface area (Å²) in [7, 11) is 0. The Bertz CT molecular complexity index is 909. The molecule has 2 amide bonds. The molecule has 2 aromatic heterocycles. The summed E-state index contributed by atoms with van der Waals surface area (Å²) >= 11 is 2.93. The lowest BCUT2D eigenvalue weighted by atomic mass is 9.92. The second-order valence-corrected chi connectivity index (χ2v) is 10.1. The largest absolute Gasteiger partial charge is 0.348 e. The van der Waals surface area contributed by atoms with Gasteiger partial charge in [0, 0.05) is 19.1 Å². The first-order chi connectivity index (χ1) is 12.8. The summed E-state index contributed by atoms with van der Waals surface area (Å²) in [6, 6.07) is 0.219. The maximum Gasteiger partial charge on any atom is 0.265 e. The van der Waals surface area contributed by atoms with Crippen LogP contribution in [0.1, 0.15) is 60.0 Å². The van der Waals surface area contributed by atoms with Crippen LogP contribution in [0, 0.1) is 33.1 Å². The van der Waals surface area contributed by atoms with E-state index >= 15 is 0 Å². The third kappa shape index (κ3) is 3.40. The van der Waals surface area contributed by atoms with Crippen molar-refractivity contribution >= 4 is 34.5 Å². The zero-order chi connectivity index (χ0) is 19.3. The first kappa shape index (κ1) is 18.6. The highest BCUT2D eigenvalue weighted by atomic mass is 32.1. The van der Waals surface area contributed by atoms with Crippen LogP contribution in [0.5, 0.6) is 0 Å². The Labute approximate surface area is 167 Å². The number of nitrogens with zero attached hydrogens (tertiary/aromatic N) is 3. The average Bonchev–Trinajstić information content (AvgIpc) is 2.94. The van der Waals surface area contributed by atoms with Crippen LogP contribution in [0.4, 0.5) is 0 Å². The molecule has 6 nitrogen and oxygen atoms in total. The Kier molecular flexibility index (Phi) is 4.58. The van der Waals surface area contributed by atoms with Gasteiger partial charge in [0.25, 0.3) is 11.8 Å². The Morgan fingerprint density at radius 2 is 1.56 bits per heavy atom. The quantitative estimate of drug-likeness (QED) is 0.852. The maximum absolute atomic E-state index is 12.8. The van der Waals surface area contributed by atoms with Crippen molar-refractivity contribution in [2.45, 2.75) is 53.0 Å². The zero-order valence-corrected chi connectivity index (χ0v) is 17.7. The fourth-order valence-corrected chi connectivity index (χ4v) is 5.81. The van der Waals surface area contributed by atoms with Gasteiger partial charge >= 0.3 is 0 Å². The van der Waals surface area contributed by atoms with Crippen molar-refractivity contribution < 1.29 is 9.59 Å². The van der Waals surface area contributed by atoms with Crippen LogP contribution < -0.4 is 5.32 Å². The van der Waals surface area contributed by atoms with Gasteiger partial charge in [-0.05, 0) is 52.4 Å². The number of carbonyl (C=O) groups is 2. The predicted molar refractivity (Wildman–Crippen MR) is 107 cm³/mol. The van der Waals surface area contributed by atoms with Crippen LogP contribution in [0.15, 0.2) is 0 Å². The Balaban J connectivity index is 1.35. The van der Waals surface area contributed by atoms with Crippen molar-refractivity contribution in [1.82, 2.24) is 20.2 Å². The van der Waals surface area contributed by atoms with Crippen LogP contribution >= 0.6 is 22.7 Å². The Morgan fingerprint density at radius 1 is 1.00 bits per heavy atom. The third-order valence-electron chi connectivity index (χ3n) is 5.75. The molecule has 8 heteroatoms. The van der Waals surface area contributed by atoms with E-state index in [1.807, 2.05) is 32.6 Å². The van der Waals surface area contributed by atoms with E-state index in [0.717, 1.165) is 63.5 Å². The SMILES string of the molecule is Cc1nc(C)c(C(=O)NC2CC23CCN(C(=O)c2sc(C)nc2C)CC3)s1. The van der Waals surface area contributed by atoms with E-state index in [4.69, 9.17) is 0 Å². The van der Waals surface area contributed by atoms with Gasteiger partial charge in [-0.2, -0.15) is 0 Å². The molecule has 1 atom stereocenters. The fraction of sp³-hybridized carbons (Fsp3) is 0.579. The van der Waals surface area contributed by atoms with Crippen LogP contribution in [0.25, 0.3) is 0 Å². The lowest BCUT2D eigenvalue weighted by Gasteiger charge is -2.32. The van der Waals surface area contributed by atoms with E-state index in [2.05, 4.69) is 15.3 Å². The molecule has 144 valence electrons. The van der Waals surface area contributed by atoms with Gasteiger partial charge in [-0.15, -0.1) is 22.7 Å². The monoisotopic (exact) mass is 404 g/mol. The van der Waals surface area contributed by atoms with Crippen LogP contribution in [0.2, 0.25) is 0 Å². The molecule has 1 unspecified atom stereocenters. The molecule has 0 radical (unpaired) electrons. The summed E-state index contributed by atoms with van der Waals surface area (Å²) in [5, 5.41) is 5.05. The van der Waals surface area contributed by atoms with Crippen molar-refractivity contribution in [3.05, 3.63) is 31.2 Å². The van der Waals surface area contributed by atoms with Crippen molar-refractivity contribution in [3.8, 4) is 0 Å². The molecule has 3 heterocycles. The van der Waals surface area contributed by atoms with Gasteiger partial charge in [0.2, 0.25) is 0 Å². The van der Waals surface area contributed by atoms with Gasteiger partial charge < -0.3 is 10.2 Å². The molecule has 2 aliphatic rings. The lowest BCUT2D eigenvalue weighted by Crippen LogP contribution is -2.41. The molecule has 1 aliphatic carbocycles. The number of hydrogen-bond donors (Lipinski definition) is 1. The second-order valence-electron chi connectivity index (χ2n) is 7.68. The fourth-order valence-electron chi connectivity index (χ4n) is 4.10. The van der Waals surface area contributed by atoms with E-state index in [9.17, 15) is 9.59 Å². The van der Waals surface area contributed by atoms with E-state index in [-0.39, 0.29) is 23.3 Å². The maximum atomic E-state index is 12.8. The summed E-state index contributed by atoms with van der Waals surface area (Å²) in [6.45, 7) is 9.14. The van der Waals surface area contributed by atoms with Crippen molar-refractivity contribution in [3.63, 3.8) is 0 Å². The molecule has 2 fully saturated rings. The smallest absolute Gasteiger partial charge is 0.265 e. The van der Waals surface area contributed by atoms with Crippen LogP contribution in [-0.4, -0.2) is 45.8 Å². The molecule has 0 bridgehead atoms. The molecule has 2 aromatic rings. The number of hydrogen-bond acceptors (Lipinski definition) is 6. The molecule has 1 N–H and O–H groups in total. The highest BCUT2D eigenvalue weighted by molar-refractivity contribution is 7.14. The number of aromatic nitrogens is 2. The standard InChI is InChI=1S/C19H24N4O2S2/c1-10-15(26-12(3)20-10)17(24)22-14-9-19(14)5-7-23(8-6-19)18(25)16-11(2)21-13(4)27-16/h14H,5-9H2,1-4H3,(H,22,24). The van der Waals surface area contributed by atoms with Gasteiger partial charge in [0.05, 0.1) is 21.4 Å². The van der Waals surface area contributed by atoms with E-state index in [1.165, 1.54) is 22.7 Å². The summed E-state index contributed by atoms with van der Waals surface area (Å²) in [5.74, 6) is 0.0965. The van der Waals surface area contributed by atoms with Gasteiger partial charge in [0.15, 0.2) is 0 Å². The molecule has 1 saturated heterocycles.